The van der Waals surface area contributed by atoms with Crippen molar-refractivity contribution in [1.29, 1.82) is 0 Å². The van der Waals surface area contributed by atoms with Crippen LogP contribution in [-0.4, -0.2) is 26.2 Å². The summed E-state index contributed by atoms with van der Waals surface area (Å²) < 4.78 is 9.39. The van der Waals surface area contributed by atoms with Crippen molar-refractivity contribution in [2.24, 2.45) is 0 Å². The van der Waals surface area contributed by atoms with Crippen LogP contribution in [0.2, 0.25) is 0 Å². The quantitative estimate of drug-likeness (QED) is 0.640. The van der Waals surface area contributed by atoms with Crippen molar-refractivity contribution >= 4 is 11.9 Å². The highest BCUT2D eigenvalue weighted by molar-refractivity contribution is 6.01. The molecule has 0 heterocycles. The van der Waals surface area contributed by atoms with E-state index in [9.17, 15) is 9.59 Å². The summed E-state index contributed by atoms with van der Waals surface area (Å²) in [6, 6.07) is 17.0. The molecule has 0 N–H and O–H groups in total. The molecule has 0 amide bonds. The first-order valence-electron chi connectivity index (χ1n) is 6.48. The monoisotopic (exact) mass is 284 g/mol. The van der Waals surface area contributed by atoms with Crippen LogP contribution in [0, 0.1) is 0 Å². The number of methoxy groups -OCH3 is 2. The maximum Gasteiger partial charge on any atom is 0.324 e. The molecular formula is C17H16O4. The third-order valence-electron chi connectivity index (χ3n) is 3.20. The Morgan fingerprint density at radius 1 is 0.810 bits per heavy atom. The molecule has 21 heavy (non-hydrogen) atoms. The van der Waals surface area contributed by atoms with E-state index in [1.165, 1.54) is 14.2 Å². The van der Waals surface area contributed by atoms with Gasteiger partial charge in [0.1, 0.15) is 0 Å². The summed E-state index contributed by atoms with van der Waals surface area (Å²) >= 11 is 0. The van der Waals surface area contributed by atoms with E-state index in [4.69, 9.17) is 9.47 Å². The van der Waals surface area contributed by atoms with Gasteiger partial charge in [0.15, 0.2) is 5.92 Å². The number of benzene rings is 2. The molecule has 4 nitrogen and oxygen atoms in total. The Bertz CT molecular complexity index is 618. The first-order valence-corrected chi connectivity index (χ1v) is 6.48. The number of carbonyl (C=O) groups is 2. The lowest BCUT2D eigenvalue weighted by molar-refractivity contribution is -0.154. The van der Waals surface area contributed by atoms with Crippen LogP contribution in [0.1, 0.15) is 11.5 Å². The summed E-state index contributed by atoms with van der Waals surface area (Å²) in [5, 5.41) is 0. The van der Waals surface area contributed by atoms with Crippen molar-refractivity contribution in [3.05, 3.63) is 60.2 Å². The van der Waals surface area contributed by atoms with Gasteiger partial charge in [0.2, 0.25) is 0 Å². The van der Waals surface area contributed by atoms with E-state index in [0.29, 0.717) is 5.56 Å². The van der Waals surface area contributed by atoms with E-state index < -0.39 is 17.9 Å². The predicted molar refractivity (Wildman–Crippen MR) is 78.7 cm³/mol. The Kier molecular flexibility index (Phi) is 4.72. The third kappa shape index (κ3) is 3.28. The molecule has 2 aromatic rings. The zero-order valence-corrected chi connectivity index (χ0v) is 11.9. The van der Waals surface area contributed by atoms with Crippen LogP contribution in [0.25, 0.3) is 11.1 Å². The van der Waals surface area contributed by atoms with Gasteiger partial charge in [0.05, 0.1) is 14.2 Å². The minimum atomic E-state index is -1.07. The largest absolute Gasteiger partial charge is 0.468 e. The summed E-state index contributed by atoms with van der Waals surface area (Å²) in [7, 11) is 2.50. The highest BCUT2D eigenvalue weighted by Gasteiger charge is 2.30. The van der Waals surface area contributed by atoms with Gasteiger partial charge in [-0.1, -0.05) is 48.5 Å². The molecule has 4 heteroatoms. The molecule has 108 valence electrons. The molecule has 0 saturated heterocycles. The van der Waals surface area contributed by atoms with Crippen LogP contribution in [-0.2, 0) is 19.1 Å². The van der Waals surface area contributed by atoms with Crippen molar-refractivity contribution < 1.29 is 19.1 Å². The molecular weight excluding hydrogens is 268 g/mol. The number of esters is 2. The molecule has 0 atom stereocenters. The second-order valence-corrected chi connectivity index (χ2v) is 4.47. The lowest BCUT2D eigenvalue weighted by Gasteiger charge is -2.14. The van der Waals surface area contributed by atoms with Gasteiger partial charge in [0, 0.05) is 0 Å². The summed E-state index contributed by atoms with van der Waals surface area (Å²) in [5.41, 5.74) is 2.48. The molecule has 0 saturated carbocycles. The van der Waals surface area contributed by atoms with E-state index in [1.54, 1.807) is 18.2 Å². The molecule has 0 bridgehead atoms. The molecule has 0 unspecified atom stereocenters. The minimum Gasteiger partial charge on any atom is -0.468 e. The average molecular weight is 284 g/mol. The minimum absolute atomic E-state index is 0.551. The van der Waals surface area contributed by atoms with Crippen molar-refractivity contribution in [2.75, 3.05) is 14.2 Å². The normalized spacial score (nSPS) is 10.2. The van der Waals surface area contributed by atoms with E-state index in [-0.39, 0.29) is 0 Å². The summed E-state index contributed by atoms with van der Waals surface area (Å²) in [6.45, 7) is 0. The van der Waals surface area contributed by atoms with Gasteiger partial charge < -0.3 is 9.47 Å². The predicted octanol–water partition coefficient (Wildman–Crippen LogP) is 2.78. The van der Waals surface area contributed by atoms with Crippen LogP contribution in [0.5, 0.6) is 0 Å². The Morgan fingerprint density at radius 3 is 1.95 bits per heavy atom. The second kappa shape index (κ2) is 6.70. The van der Waals surface area contributed by atoms with Gasteiger partial charge >= 0.3 is 11.9 Å². The zero-order valence-electron chi connectivity index (χ0n) is 11.9. The highest BCUT2D eigenvalue weighted by Crippen LogP contribution is 2.25. The van der Waals surface area contributed by atoms with Gasteiger partial charge in [-0.05, 0) is 22.8 Å². The van der Waals surface area contributed by atoms with Crippen molar-refractivity contribution in [1.82, 2.24) is 0 Å². The van der Waals surface area contributed by atoms with Gasteiger partial charge in [-0.15, -0.1) is 0 Å². The van der Waals surface area contributed by atoms with Crippen molar-refractivity contribution in [2.45, 2.75) is 5.92 Å². The summed E-state index contributed by atoms with van der Waals surface area (Å²) in [6.07, 6.45) is 0. The summed E-state index contributed by atoms with van der Waals surface area (Å²) in [5.74, 6) is -2.33. The van der Waals surface area contributed by atoms with Crippen LogP contribution in [0.4, 0.5) is 0 Å². The number of carbonyl (C=O) groups excluding carboxylic acids is 2. The van der Waals surface area contributed by atoms with E-state index in [0.717, 1.165) is 11.1 Å². The molecule has 0 aliphatic heterocycles. The Labute approximate surface area is 123 Å². The lowest BCUT2D eigenvalue weighted by Crippen LogP contribution is -2.24. The van der Waals surface area contributed by atoms with Gasteiger partial charge in [-0.25, -0.2) is 0 Å². The maximum absolute atomic E-state index is 11.8. The van der Waals surface area contributed by atoms with Crippen LogP contribution in [0.15, 0.2) is 54.6 Å². The molecule has 0 aliphatic rings. The summed E-state index contributed by atoms with van der Waals surface area (Å²) in [4.78, 5) is 23.7. The fourth-order valence-electron chi connectivity index (χ4n) is 2.13. The first kappa shape index (κ1) is 14.8. The van der Waals surface area contributed by atoms with Gasteiger partial charge in [-0.3, -0.25) is 9.59 Å². The Morgan fingerprint density at radius 2 is 1.38 bits per heavy atom. The number of ether oxygens (including phenoxy) is 2. The molecule has 2 rings (SSSR count). The fraction of sp³-hybridized carbons (Fsp3) is 0.176. The topological polar surface area (TPSA) is 52.6 Å². The molecule has 2 aromatic carbocycles. The van der Waals surface area contributed by atoms with Crippen molar-refractivity contribution in [3.63, 3.8) is 0 Å². The smallest absolute Gasteiger partial charge is 0.324 e. The fourth-order valence-corrected chi connectivity index (χ4v) is 2.13. The highest BCUT2D eigenvalue weighted by atomic mass is 16.5. The lowest BCUT2D eigenvalue weighted by atomic mass is 9.95. The standard InChI is InChI=1S/C17H16O4/c1-20-16(18)15(17(19)21-2)14-10-6-9-13(11-14)12-7-4-3-5-8-12/h3-11,15H,1-2H3. The molecule has 0 radical (unpaired) electrons. The molecule has 0 fully saturated rings. The van der Waals surface area contributed by atoms with Crippen LogP contribution >= 0.6 is 0 Å². The van der Waals surface area contributed by atoms with Crippen molar-refractivity contribution in [3.8, 4) is 11.1 Å². The van der Waals surface area contributed by atoms with Gasteiger partial charge in [-0.2, -0.15) is 0 Å². The number of rotatable bonds is 4. The molecule has 0 aliphatic carbocycles. The Balaban J connectivity index is 2.43. The van der Waals surface area contributed by atoms with Crippen LogP contribution in [0.3, 0.4) is 0 Å². The van der Waals surface area contributed by atoms with E-state index in [2.05, 4.69) is 0 Å². The zero-order chi connectivity index (χ0) is 15.2. The maximum atomic E-state index is 11.8. The SMILES string of the molecule is COC(=O)C(C(=O)OC)c1cccc(-c2ccccc2)c1. The van der Waals surface area contributed by atoms with Crippen LogP contribution < -0.4 is 0 Å². The van der Waals surface area contributed by atoms with E-state index in [1.807, 2.05) is 36.4 Å². The third-order valence-corrected chi connectivity index (χ3v) is 3.20. The van der Waals surface area contributed by atoms with E-state index >= 15 is 0 Å². The van der Waals surface area contributed by atoms with Gasteiger partial charge in [0.25, 0.3) is 0 Å². The first-order chi connectivity index (χ1) is 10.2. The molecule has 0 spiro atoms. The second-order valence-electron chi connectivity index (χ2n) is 4.47. The Hall–Kier alpha value is -2.62. The molecule has 0 aromatic heterocycles. The average Bonchev–Trinajstić information content (AvgIpc) is 2.55. The number of hydrogen-bond donors (Lipinski definition) is 0. The number of hydrogen-bond acceptors (Lipinski definition) is 4.